The van der Waals surface area contributed by atoms with Crippen LogP contribution in [0.25, 0.3) is 0 Å². The summed E-state index contributed by atoms with van der Waals surface area (Å²) in [5, 5.41) is 10.6. The molecule has 0 aromatic carbocycles. The minimum atomic E-state index is -0.583. The Balaban J connectivity index is 2.10. The quantitative estimate of drug-likeness (QED) is 0.477. The van der Waals surface area contributed by atoms with Gasteiger partial charge in [0, 0.05) is 12.1 Å². The molecular weight excluding hydrogens is 266 g/mol. The van der Waals surface area contributed by atoms with Gasteiger partial charge in [-0.2, -0.15) is 0 Å². The molecule has 1 aliphatic rings. The average Bonchev–Trinajstić information content (AvgIpc) is 3.11. The summed E-state index contributed by atoms with van der Waals surface area (Å²) in [5.74, 6) is -0.901. The van der Waals surface area contributed by atoms with E-state index in [-0.39, 0.29) is 30.6 Å². The average molecular weight is 281 g/mol. The zero-order valence-electron chi connectivity index (χ0n) is 11.0. The molecule has 0 unspecified atom stereocenters. The van der Waals surface area contributed by atoms with Crippen LogP contribution in [0.2, 0.25) is 0 Å². The van der Waals surface area contributed by atoms with Crippen molar-refractivity contribution in [3.63, 3.8) is 0 Å². The van der Waals surface area contributed by atoms with Crippen molar-refractivity contribution in [1.29, 1.82) is 0 Å². The first kappa shape index (κ1) is 14.0. The highest BCUT2D eigenvalue weighted by atomic mass is 16.6. The van der Waals surface area contributed by atoms with Gasteiger partial charge in [-0.15, -0.1) is 0 Å². The molecular formula is C12H15N3O5. The second-order valence-corrected chi connectivity index (χ2v) is 4.50. The van der Waals surface area contributed by atoms with Crippen LogP contribution in [0.5, 0.6) is 0 Å². The number of hydrogen-bond acceptors (Lipinski definition) is 5. The maximum Gasteiger partial charge on any atom is 0.325 e. The molecule has 8 nitrogen and oxygen atoms in total. The number of nitro groups is 1. The monoisotopic (exact) mass is 281 g/mol. The van der Waals surface area contributed by atoms with E-state index in [1.165, 1.54) is 11.0 Å². The van der Waals surface area contributed by atoms with E-state index in [4.69, 9.17) is 4.74 Å². The second kappa shape index (κ2) is 5.72. The van der Waals surface area contributed by atoms with Crippen LogP contribution in [0.1, 0.15) is 30.3 Å². The Hall–Kier alpha value is -2.38. The van der Waals surface area contributed by atoms with Gasteiger partial charge in [-0.25, -0.2) is 0 Å². The van der Waals surface area contributed by atoms with E-state index in [0.717, 1.165) is 19.0 Å². The number of aromatic amines is 1. The summed E-state index contributed by atoms with van der Waals surface area (Å²) in [6.45, 7) is 1.80. The lowest BCUT2D eigenvalue weighted by atomic mass is 10.3. The number of nitrogens with one attached hydrogen (secondary N) is 1. The standard InChI is InChI=1S/C12H15N3O5/c1-2-20-11(16)7-14(8-3-4-8)12(17)10-5-9(6-13-10)15(18)19/h5-6,8,13H,2-4,7H2,1H3. The van der Waals surface area contributed by atoms with E-state index in [9.17, 15) is 19.7 Å². The minimum absolute atomic E-state index is 0.00858. The fraction of sp³-hybridized carbons (Fsp3) is 0.500. The number of carbonyl (C=O) groups excluding carboxylic acids is 2. The number of carbonyl (C=O) groups is 2. The number of nitrogens with zero attached hydrogens (tertiary/aromatic N) is 2. The molecule has 0 bridgehead atoms. The molecule has 0 saturated heterocycles. The van der Waals surface area contributed by atoms with Crippen LogP contribution in [0, 0.1) is 10.1 Å². The molecule has 1 amide bonds. The molecule has 1 fully saturated rings. The fourth-order valence-corrected chi connectivity index (χ4v) is 1.87. The highest BCUT2D eigenvalue weighted by Gasteiger charge is 2.35. The molecule has 1 aromatic heterocycles. The molecule has 8 heteroatoms. The van der Waals surface area contributed by atoms with Crippen LogP contribution in [0.3, 0.4) is 0 Å². The molecule has 0 spiro atoms. The van der Waals surface area contributed by atoms with Gasteiger partial charge in [0.15, 0.2) is 0 Å². The summed E-state index contributed by atoms with van der Waals surface area (Å²) in [7, 11) is 0. The fourth-order valence-electron chi connectivity index (χ4n) is 1.87. The van der Waals surface area contributed by atoms with E-state index in [1.807, 2.05) is 0 Å². The number of esters is 1. The lowest BCUT2D eigenvalue weighted by Crippen LogP contribution is -2.38. The maximum atomic E-state index is 12.3. The summed E-state index contributed by atoms with van der Waals surface area (Å²) >= 11 is 0. The Morgan fingerprint density at radius 1 is 1.55 bits per heavy atom. The molecule has 1 aromatic rings. The third-order valence-corrected chi connectivity index (χ3v) is 2.96. The summed E-state index contributed by atoms with van der Waals surface area (Å²) in [4.78, 5) is 37.8. The SMILES string of the molecule is CCOC(=O)CN(C(=O)c1cc([N+](=O)[O-])c[nH]1)C1CC1. The van der Waals surface area contributed by atoms with E-state index in [2.05, 4.69) is 4.98 Å². The van der Waals surface area contributed by atoms with Gasteiger partial charge in [-0.1, -0.05) is 0 Å². The Kier molecular flexibility index (Phi) is 4.02. The van der Waals surface area contributed by atoms with Crippen LogP contribution in [-0.2, 0) is 9.53 Å². The van der Waals surface area contributed by atoms with Crippen LogP contribution in [0.15, 0.2) is 12.3 Å². The van der Waals surface area contributed by atoms with Gasteiger partial charge in [-0.3, -0.25) is 19.7 Å². The Morgan fingerprint density at radius 3 is 2.75 bits per heavy atom. The van der Waals surface area contributed by atoms with Gasteiger partial charge in [0.2, 0.25) is 0 Å². The van der Waals surface area contributed by atoms with Gasteiger partial charge in [-0.05, 0) is 19.8 Å². The number of hydrogen-bond donors (Lipinski definition) is 1. The predicted molar refractivity (Wildman–Crippen MR) is 68.1 cm³/mol. The van der Waals surface area contributed by atoms with Crippen molar-refractivity contribution in [2.24, 2.45) is 0 Å². The lowest BCUT2D eigenvalue weighted by molar-refractivity contribution is -0.384. The van der Waals surface area contributed by atoms with E-state index in [1.54, 1.807) is 6.92 Å². The molecule has 1 aliphatic carbocycles. The highest BCUT2D eigenvalue weighted by Crippen LogP contribution is 2.28. The summed E-state index contributed by atoms with van der Waals surface area (Å²) < 4.78 is 4.83. The summed E-state index contributed by atoms with van der Waals surface area (Å²) in [6, 6.07) is 1.18. The molecule has 0 atom stereocenters. The Bertz CT molecular complexity index is 535. The smallest absolute Gasteiger partial charge is 0.325 e. The number of H-pyrrole nitrogens is 1. The van der Waals surface area contributed by atoms with Crippen molar-refractivity contribution >= 4 is 17.6 Å². The second-order valence-electron chi connectivity index (χ2n) is 4.50. The van der Waals surface area contributed by atoms with Gasteiger partial charge in [0.05, 0.1) is 17.7 Å². The molecule has 108 valence electrons. The van der Waals surface area contributed by atoms with Crippen LogP contribution >= 0.6 is 0 Å². The Labute approximate surface area is 114 Å². The molecule has 0 aliphatic heterocycles. The third kappa shape index (κ3) is 3.14. The lowest BCUT2D eigenvalue weighted by Gasteiger charge is -2.20. The van der Waals surface area contributed by atoms with Gasteiger partial charge >= 0.3 is 5.97 Å². The number of ether oxygens (including phenoxy) is 1. The van der Waals surface area contributed by atoms with Gasteiger partial charge < -0.3 is 14.6 Å². The minimum Gasteiger partial charge on any atom is -0.465 e. The van der Waals surface area contributed by atoms with Crippen LogP contribution in [0.4, 0.5) is 5.69 Å². The first-order valence-electron chi connectivity index (χ1n) is 6.32. The summed E-state index contributed by atoms with van der Waals surface area (Å²) in [6.07, 6.45) is 2.81. The van der Waals surface area contributed by atoms with Crippen molar-refractivity contribution in [2.75, 3.05) is 13.2 Å². The topological polar surface area (TPSA) is 106 Å². The van der Waals surface area contributed by atoms with Crippen molar-refractivity contribution < 1.29 is 19.2 Å². The normalized spacial score (nSPS) is 13.8. The molecule has 1 N–H and O–H groups in total. The van der Waals surface area contributed by atoms with Crippen molar-refractivity contribution in [3.8, 4) is 0 Å². The van der Waals surface area contributed by atoms with Crippen molar-refractivity contribution in [3.05, 3.63) is 28.1 Å². The zero-order chi connectivity index (χ0) is 14.7. The number of aromatic nitrogens is 1. The first-order chi connectivity index (χ1) is 9.52. The van der Waals surface area contributed by atoms with Gasteiger partial charge in [0.1, 0.15) is 12.2 Å². The Morgan fingerprint density at radius 2 is 2.25 bits per heavy atom. The maximum absolute atomic E-state index is 12.3. The van der Waals surface area contributed by atoms with Crippen LogP contribution in [-0.4, -0.2) is 45.9 Å². The first-order valence-corrected chi connectivity index (χ1v) is 6.32. The molecule has 2 rings (SSSR count). The highest BCUT2D eigenvalue weighted by molar-refractivity contribution is 5.95. The van der Waals surface area contributed by atoms with Gasteiger partial charge in [0.25, 0.3) is 11.6 Å². The predicted octanol–water partition coefficient (Wildman–Crippen LogP) is 1.09. The third-order valence-electron chi connectivity index (χ3n) is 2.96. The van der Waals surface area contributed by atoms with Crippen molar-refractivity contribution in [1.82, 2.24) is 9.88 Å². The number of rotatable bonds is 6. The van der Waals surface area contributed by atoms with E-state index in [0.29, 0.717) is 0 Å². The largest absolute Gasteiger partial charge is 0.465 e. The van der Waals surface area contributed by atoms with E-state index < -0.39 is 16.8 Å². The number of amides is 1. The molecule has 1 saturated carbocycles. The molecule has 20 heavy (non-hydrogen) atoms. The van der Waals surface area contributed by atoms with E-state index >= 15 is 0 Å². The zero-order valence-corrected chi connectivity index (χ0v) is 11.0. The molecule has 1 heterocycles. The molecule has 0 radical (unpaired) electrons. The van der Waals surface area contributed by atoms with Crippen molar-refractivity contribution in [2.45, 2.75) is 25.8 Å². The van der Waals surface area contributed by atoms with Crippen LogP contribution < -0.4 is 0 Å². The summed E-state index contributed by atoms with van der Waals surface area (Å²) in [5.41, 5.74) is -0.0758.